The maximum atomic E-state index is 13.2. The van der Waals surface area contributed by atoms with E-state index in [4.69, 9.17) is 21.4 Å². The first-order valence-corrected chi connectivity index (χ1v) is 6.74. The number of ether oxygens (including phenoxy) is 1. The van der Waals surface area contributed by atoms with Gasteiger partial charge in [-0.1, -0.05) is 39.7 Å². The lowest BCUT2D eigenvalue weighted by Gasteiger charge is -2.10. The van der Waals surface area contributed by atoms with Gasteiger partial charge in [0.2, 0.25) is 0 Å². The normalized spacial score (nSPS) is 10.5. The lowest BCUT2D eigenvalue weighted by molar-refractivity contribution is 0.277. The van der Waals surface area contributed by atoms with Crippen molar-refractivity contribution in [1.29, 1.82) is 0 Å². The summed E-state index contributed by atoms with van der Waals surface area (Å²) in [6, 6.07) is 9.86. The van der Waals surface area contributed by atoms with Crippen molar-refractivity contribution in [3.05, 3.63) is 62.8 Å². The topological polar surface area (TPSA) is 29.5 Å². The van der Waals surface area contributed by atoms with Gasteiger partial charge in [0.15, 0.2) is 0 Å². The second kappa shape index (κ2) is 6.37. The molecule has 0 fully saturated rings. The molecule has 0 amide bonds. The summed E-state index contributed by atoms with van der Waals surface area (Å²) in [4.78, 5) is 0. The minimum absolute atomic E-state index is 0.0713. The van der Waals surface area contributed by atoms with Gasteiger partial charge in [-0.05, 0) is 29.8 Å². The summed E-state index contributed by atoms with van der Waals surface area (Å²) in [5.41, 5.74) is 1.30. The van der Waals surface area contributed by atoms with E-state index in [1.165, 1.54) is 6.07 Å². The van der Waals surface area contributed by atoms with Gasteiger partial charge in [-0.25, -0.2) is 4.39 Å². The second-order valence-electron chi connectivity index (χ2n) is 3.91. The van der Waals surface area contributed by atoms with Gasteiger partial charge in [-0.2, -0.15) is 0 Å². The average Bonchev–Trinajstić information content (AvgIpc) is 2.42. The maximum absolute atomic E-state index is 13.2. The predicted octanol–water partition coefficient (Wildman–Crippen LogP) is 4.31. The van der Waals surface area contributed by atoms with Crippen molar-refractivity contribution < 1.29 is 14.2 Å². The van der Waals surface area contributed by atoms with Gasteiger partial charge in [-0.3, -0.25) is 0 Å². The molecule has 0 aliphatic heterocycles. The number of aliphatic hydroxyl groups excluding tert-OH is 1. The molecule has 0 saturated heterocycles. The molecule has 0 bridgehead atoms. The second-order valence-corrected chi connectivity index (χ2v) is 5.15. The molecule has 5 heteroatoms. The summed E-state index contributed by atoms with van der Waals surface area (Å²) >= 11 is 9.16. The Bertz CT molecular complexity index is 590. The molecular weight excluding hydrogens is 335 g/mol. The molecule has 2 rings (SSSR count). The van der Waals surface area contributed by atoms with Gasteiger partial charge in [-0.15, -0.1) is 0 Å². The van der Waals surface area contributed by atoms with Crippen LogP contribution in [0.4, 0.5) is 4.39 Å². The monoisotopic (exact) mass is 344 g/mol. The van der Waals surface area contributed by atoms with Crippen molar-refractivity contribution in [2.45, 2.75) is 13.2 Å². The highest BCUT2D eigenvalue weighted by atomic mass is 79.9. The zero-order valence-electron chi connectivity index (χ0n) is 9.87. The van der Waals surface area contributed by atoms with E-state index in [0.29, 0.717) is 11.3 Å². The zero-order valence-corrected chi connectivity index (χ0v) is 12.2. The molecule has 0 heterocycles. The zero-order chi connectivity index (χ0) is 13.8. The van der Waals surface area contributed by atoms with E-state index in [9.17, 15) is 4.39 Å². The quantitative estimate of drug-likeness (QED) is 0.894. The standard InChI is InChI=1S/C14H11BrClFO2/c15-12-5-4-11(6-10(12)7-18)19-8-9-2-1-3-13(17)14(9)16/h1-6,18H,7-8H2. The summed E-state index contributed by atoms with van der Waals surface area (Å²) in [6.45, 7) is 0.0849. The molecular formula is C14H11BrClFO2. The van der Waals surface area contributed by atoms with Crippen LogP contribution in [0.25, 0.3) is 0 Å². The Morgan fingerprint density at radius 2 is 2.00 bits per heavy atom. The van der Waals surface area contributed by atoms with Crippen molar-refractivity contribution in [2.75, 3.05) is 0 Å². The van der Waals surface area contributed by atoms with E-state index in [1.807, 2.05) is 0 Å². The molecule has 0 aliphatic rings. The Morgan fingerprint density at radius 1 is 1.21 bits per heavy atom. The number of hydrogen-bond donors (Lipinski definition) is 1. The van der Waals surface area contributed by atoms with E-state index >= 15 is 0 Å². The number of halogens is 3. The van der Waals surface area contributed by atoms with Crippen molar-refractivity contribution in [3.8, 4) is 5.75 Å². The van der Waals surface area contributed by atoms with E-state index in [0.717, 1.165) is 10.0 Å². The van der Waals surface area contributed by atoms with Gasteiger partial charge in [0.25, 0.3) is 0 Å². The molecule has 1 N–H and O–H groups in total. The molecule has 2 nitrogen and oxygen atoms in total. The van der Waals surface area contributed by atoms with Crippen molar-refractivity contribution in [2.24, 2.45) is 0 Å². The van der Waals surface area contributed by atoms with Crippen molar-refractivity contribution >= 4 is 27.5 Å². The van der Waals surface area contributed by atoms with Crippen LogP contribution >= 0.6 is 27.5 Å². The summed E-state index contributed by atoms with van der Waals surface area (Å²) in [5, 5.41) is 9.22. The van der Waals surface area contributed by atoms with Crippen LogP contribution in [0, 0.1) is 5.82 Å². The fourth-order valence-electron chi connectivity index (χ4n) is 1.58. The van der Waals surface area contributed by atoms with Crippen LogP contribution < -0.4 is 4.74 Å². The summed E-state index contributed by atoms with van der Waals surface area (Å²) in [5.74, 6) is 0.127. The maximum Gasteiger partial charge on any atom is 0.142 e. The molecule has 0 aliphatic carbocycles. The molecule has 19 heavy (non-hydrogen) atoms. The Kier molecular flexibility index (Phi) is 4.80. The number of benzene rings is 2. The number of hydrogen-bond acceptors (Lipinski definition) is 2. The largest absolute Gasteiger partial charge is 0.489 e. The van der Waals surface area contributed by atoms with Crippen LogP contribution in [0.5, 0.6) is 5.75 Å². The number of aliphatic hydroxyl groups is 1. The first-order valence-electron chi connectivity index (χ1n) is 5.57. The average molecular weight is 346 g/mol. The highest BCUT2D eigenvalue weighted by Gasteiger charge is 2.07. The van der Waals surface area contributed by atoms with Crippen LogP contribution in [0.2, 0.25) is 5.02 Å². The molecule has 2 aromatic rings. The van der Waals surface area contributed by atoms with Crippen LogP contribution in [0.15, 0.2) is 40.9 Å². The predicted molar refractivity (Wildman–Crippen MR) is 75.8 cm³/mol. The van der Waals surface area contributed by atoms with Gasteiger partial charge in [0, 0.05) is 10.0 Å². The van der Waals surface area contributed by atoms with Gasteiger partial charge in [0.1, 0.15) is 18.2 Å². The molecule has 0 aromatic heterocycles. The Morgan fingerprint density at radius 3 is 2.74 bits per heavy atom. The van der Waals surface area contributed by atoms with E-state index in [2.05, 4.69) is 15.9 Å². The Hall–Kier alpha value is -1.10. The fourth-order valence-corrected chi connectivity index (χ4v) is 2.14. The van der Waals surface area contributed by atoms with Crippen LogP contribution in [0.1, 0.15) is 11.1 Å². The lowest BCUT2D eigenvalue weighted by atomic mass is 10.2. The molecule has 2 aromatic carbocycles. The van der Waals surface area contributed by atoms with E-state index in [1.54, 1.807) is 30.3 Å². The highest BCUT2D eigenvalue weighted by Crippen LogP contribution is 2.25. The third-order valence-electron chi connectivity index (χ3n) is 2.61. The molecule has 0 spiro atoms. The minimum atomic E-state index is -0.463. The van der Waals surface area contributed by atoms with Crippen molar-refractivity contribution in [1.82, 2.24) is 0 Å². The molecule has 0 unspecified atom stereocenters. The van der Waals surface area contributed by atoms with Crippen LogP contribution in [-0.2, 0) is 13.2 Å². The third kappa shape index (κ3) is 3.47. The van der Waals surface area contributed by atoms with Gasteiger partial charge >= 0.3 is 0 Å². The SMILES string of the molecule is OCc1cc(OCc2cccc(F)c2Cl)ccc1Br. The molecule has 100 valence electrons. The van der Waals surface area contributed by atoms with Crippen molar-refractivity contribution in [3.63, 3.8) is 0 Å². The van der Waals surface area contributed by atoms with Gasteiger partial charge in [0.05, 0.1) is 11.6 Å². The van der Waals surface area contributed by atoms with Crippen LogP contribution in [0.3, 0.4) is 0 Å². The van der Waals surface area contributed by atoms with E-state index in [-0.39, 0.29) is 18.2 Å². The number of rotatable bonds is 4. The van der Waals surface area contributed by atoms with Crippen LogP contribution in [-0.4, -0.2) is 5.11 Å². The molecule has 0 radical (unpaired) electrons. The smallest absolute Gasteiger partial charge is 0.142 e. The first-order chi connectivity index (χ1) is 9.11. The lowest BCUT2D eigenvalue weighted by Crippen LogP contribution is -1.98. The molecule has 0 saturated carbocycles. The van der Waals surface area contributed by atoms with Gasteiger partial charge < -0.3 is 9.84 Å². The Labute approximate surface area is 123 Å². The first kappa shape index (κ1) is 14.3. The Balaban J connectivity index is 2.12. The summed E-state index contributed by atoms with van der Waals surface area (Å²) in [6.07, 6.45) is 0. The fraction of sp³-hybridized carbons (Fsp3) is 0.143. The molecule has 0 atom stereocenters. The highest BCUT2D eigenvalue weighted by molar-refractivity contribution is 9.10. The summed E-state index contributed by atoms with van der Waals surface area (Å²) < 4.78 is 19.6. The third-order valence-corrected chi connectivity index (χ3v) is 3.81. The summed E-state index contributed by atoms with van der Waals surface area (Å²) in [7, 11) is 0. The minimum Gasteiger partial charge on any atom is -0.489 e. The van der Waals surface area contributed by atoms with E-state index < -0.39 is 5.82 Å².